The normalized spacial score (nSPS) is 12.0. The molecule has 0 spiro atoms. The number of carboxylic acid groups (broad SMARTS) is 1. The highest BCUT2D eigenvalue weighted by molar-refractivity contribution is 5.92. The number of imidazole rings is 1. The number of methoxy groups -OCH3 is 1. The molecule has 2 aromatic rings. The maximum Gasteiger partial charge on any atom is 0.449 e. The van der Waals surface area contributed by atoms with E-state index in [4.69, 9.17) is 9.84 Å². The Kier molecular flexibility index (Phi) is 3.67. The molecule has 0 atom stereocenters. The highest BCUT2D eigenvalue weighted by Gasteiger charge is 2.37. The van der Waals surface area contributed by atoms with Crippen LogP contribution in [-0.2, 0) is 17.5 Å². The lowest BCUT2D eigenvalue weighted by Gasteiger charge is -2.10. The van der Waals surface area contributed by atoms with Crippen LogP contribution in [0.4, 0.5) is 13.2 Å². The molecule has 1 aromatic heterocycles. The van der Waals surface area contributed by atoms with Crippen LogP contribution in [0.5, 0.6) is 0 Å². The summed E-state index contributed by atoms with van der Waals surface area (Å²) < 4.78 is 44.5. The molecule has 108 valence electrons. The smallest absolute Gasteiger partial charge is 0.449 e. The number of hydrogen-bond acceptors (Lipinski definition) is 3. The highest BCUT2D eigenvalue weighted by atomic mass is 19.4. The van der Waals surface area contributed by atoms with Crippen molar-refractivity contribution >= 4 is 17.0 Å². The van der Waals surface area contributed by atoms with Crippen molar-refractivity contribution in [2.75, 3.05) is 13.7 Å². The zero-order valence-electron chi connectivity index (χ0n) is 10.4. The Hall–Kier alpha value is -2.09. The van der Waals surface area contributed by atoms with Crippen molar-refractivity contribution in [3.8, 4) is 0 Å². The van der Waals surface area contributed by atoms with Crippen LogP contribution in [0.2, 0.25) is 0 Å². The van der Waals surface area contributed by atoms with E-state index in [-0.39, 0.29) is 29.7 Å². The van der Waals surface area contributed by atoms with E-state index in [2.05, 4.69) is 4.98 Å². The van der Waals surface area contributed by atoms with Crippen LogP contribution in [0.3, 0.4) is 0 Å². The molecule has 0 unspecified atom stereocenters. The molecule has 1 N–H and O–H groups in total. The molecule has 1 heterocycles. The van der Waals surface area contributed by atoms with Gasteiger partial charge in [-0.1, -0.05) is 0 Å². The predicted molar refractivity (Wildman–Crippen MR) is 63.6 cm³/mol. The molecule has 0 aliphatic carbocycles. The van der Waals surface area contributed by atoms with Crippen molar-refractivity contribution in [2.24, 2.45) is 0 Å². The third kappa shape index (κ3) is 2.60. The van der Waals surface area contributed by atoms with Crippen molar-refractivity contribution in [1.29, 1.82) is 0 Å². The average Bonchev–Trinajstić information content (AvgIpc) is 2.73. The number of alkyl halides is 3. The van der Waals surface area contributed by atoms with Gasteiger partial charge in [0.2, 0.25) is 5.82 Å². The van der Waals surface area contributed by atoms with Crippen molar-refractivity contribution in [3.63, 3.8) is 0 Å². The van der Waals surface area contributed by atoms with E-state index in [9.17, 15) is 18.0 Å². The Bertz CT molecular complexity index is 649. The molecule has 5 nitrogen and oxygen atoms in total. The summed E-state index contributed by atoms with van der Waals surface area (Å²) in [5.74, 6) is -2.27. The Morgan fingerprint density at radius 3 is 2.70 bits per heavy atom. The molecule has 0 aliphatic heterocycles. The van der Waals surface area contributed by atoms with E-state index >= 15 is 0 Å². The van der Waals surface area contributed by atoms with Crippen molar-refractivity contribution in [3.05, 3.63) is 29.6 Å². The van der Waals surface area contributed by atoms with Crippen molar-refractivity contribution in [2.45, 2.75) is 12.7 Å². The van der Waals surface area contributed by atoms with E-state index in [0.717, 1.165) is 4.57 Å². The molecule has 20 heavy (non-hydrogen) atoms. The van der Waals surface area contributed by atoms with E-state index in [1.54, 1.807) is 0 Å². The summed E-state index contributed by atoms with van der Waals surface area (Å²) in [6, 6.07) is 3.66. The molecule has 0 aliphatic rings. The van der Waals surface area contributed by atoms with Crippen LogP contribution in [0, 0.1) is 0 Å². The summed E-state index contributed by atoms with van der Waals surface area (Å²) in [7, 11) is 1.37. The summed E-state index contributed by atoms with van der Waals surface area (Å²) in [5.41, 5.74) is 0.123. The third-order valence-electron chi connectivity index (χ3n) is 2.77. The molecule has 0 fully saturated rings. The summed E-state index contributed by atoms with van der Waals surface area (Å²) in [4.78, 5) is 14.4. The SMILES string of the molecule is COCCn1c(C(F)(F)F)nc2ccc(C(=O)O)cc21. The summed E-state index contributed by atoms with van der Waals surface area (Å²) in [6.07, 6.45) is -4.61. The molecular weight excluding hydrogens is 277 g/mol. The van der Waals surface area contributed by atoms with Crippen LogP contribution >= 0.6 is 0 Å². The largest absolute Gasteiger partial charge is 0.478 e. The minimum atomic E-state index is -4.61. The number of carbonyl (C=O) groups is 1. The second-order valence-corrected chi connectivity index (χ2v) is 4.09. The molecule has 0 amide bonds. The number of aromatic nitrogens is 2. The van der Waals surface area contributed by atoms with Gasteiger partial charge in [0.05, 0.1) is 23.2 Å². The first-order chi connectivity index (χ1) is 9.34. The summed E-state index contributed by atoms with van der Waals surface area (Å²) >= 11 is 0. The van der Waals surface area contributed by atoms with Crippen LogP contribution < -0.4 is 0 Å². The fourth-order valence-corrected chi connectivity index (χ4v) is 1.88. The Morgan fingerprint density at radius 1 is 1.45 bits per heavy atom. The number of benzene rings is 1. The van der Waals surface area contributed by atoms with Gasteiger partial charge in [0.25, 0.3) is 0 Å². The molecule has 1 aromatic carbocycles. The van der Waals surface area contributed by atoms with Gasteiger partial charge in [-0.25, -0.2) is 9.78 Å². The maximum atomic E-state index is 12.9. The average molecular weight is 288 g/mol. The number of halogens is 3. The Labute approximate surface area is 111 Å². The van der Waals surface area contributed by atoms with Crippen LogP contribution in [-0.4, -0.2) is 34.3 Å². The number of hydrogen-bond donors (Lipinski definition) is 1. The number of nitrogens with zero attached hydrogens (tertiary/aromatic N) is 2. The fraction of sp³-hybridized carbons (Fsp3) is 0.333. The summed E-state index contributed by atoms with van der Waals surface area (Å²) in [6.45, 7) is -0.00322. The van der Waals surface area contributed by atoms with Gasteiger partial charge in [0.15, 0.2) is 0 Å². The molecule has 8 heteroatoms. The van der Waals surface area contributed by atoms with E-state index in [1.165, 1.54) is 25.3 Å². The number of ether oxygens (including phenoxy) is 1. The maximum absolute atomic E-state index is 12.9. The highest BCUT2D eigenvalue weighted by Crippen LogP contribution is 2.31. The van der Waals surface area contributed by atoms with E-state index < -0.39 is 18.0 Å². The lowest BCUT2D eigenvalue weighted by molar-refractivity contribution is -0.147. The minimum absolute atomic E-state index is 0.0613. The predicted octanol–water partition coefficient (Wildman–Crippen LogP) is 2.40. The molecule has 2 rings (SSSR count). The van der Waals surface area contributed by atoms with Gasteiger partial charge in [-0.3, -0.25) is 0 Å². The van der Waals surface area contributed by atoms with Gasteiger partial charge in [-0.2, -0.15) is 13.2 Å². The third-order valence-corrected chi connectivity index (χ3v) is 2.77. The van der Waals surface area contributed by atoms with Gasteiger partial charge in [0, 0.05) is 13.7 Å². The first-order valence-electron chi connectivity index (χ1n) is 5.64. The monoisotopic (exact) mass is 288 g/mol. The van der Waals surface area contributed by atoms with E-state index in [0.29, 0.717) is 0 Å². The first-order valence-corrected chi connectivity index (χ1v) is 5.64. The number of rotatable bonds is 4. The minimum Gasteiger partial charge on any atom is -0.478 e. The standard InChI is InChI=1S/C12H11F3N2O3/c1-20-5-4-17-9-6-7(10(18)19)2-3-8(9)16-11(17)12(13,14)15/h2-3,6H,4-5H2,1H3,(H,18,19). The second kappa shape index (κ2) is 5.12. The zero-order valence-corrected chi connectivity index (χ0v) is 10.4. The molecule has 0 bridgehead atoms. The quantitative estimate of drug-likeness (QED) is 0.938. The first kappa shape index (κ1) is 14.3. The van der Waals surface area contributed by atoms with Crippen molar-refractivity contribution < 1.29 is 27.8 Å². The number of fused-ring (bicyclic) bond motifs is 1. The molecule has 0 saturated heterocycles. The Morgan fingerprint density at radius 2 is 2.15 bits per heavy atom. The van der Waals surface area contributed by atoms with E-state index in [1.807, 2.05) is 0 Å². The van der Waals surface area contributed by atoms with Crippen LogP contribution in [0.25, 0.3) is 11.0 Å². The van der Waals surface area contributed by atoms with Gasteiger partial charge in [-0.05, 0) is 18.2 Å². The van der Waals surface area contributed by atoms with Crippen LogP contribution in [0.1, 0.15) is 16.2 Å². The summed E-state index contributed by atoms with van der Waals surface area (Å²) in [5, 5.41) is 8.90. The number of aromatic carboxylic acids is 1. The van der Waals surface area contributed by atoms with Gasteiger partial charge in [-0.15, -0.1) is 0 Å². The fourth-order valence-electron chi connectivity index (χ4n) is 1.88. The van der Waals surface area contributed by atoms with Crippen LogP contribution in [0.15, 0.2) is 18.2 Å². The molecule has 0 saturated carbocycles. The van der Waals surface area contributed by atoms with Gasteiger partial charge in [0.1, 0.15) is 0 Å². The lowest BCUT2D eigenvalue weighted by atomic mass is 10.2. The van der Waals surface area contributed by atoms with Crippen molar-refractivity contribution in [1.82, 2.24) is 9.55 Å². The topological polar surface area (TPSA) is 64.4 Å². The number of carboxylic acids is 1. The second-order valence-electron chi connectivity index (χ2n) is 4.09. The van der Waals surface area contributed by atoms with Gasteiger partial charge < -0.3 is 14.4 Å². The van der Waals surface area contributed by atoms with Gasteiger partial charge >= 0.3 is 12.1 Å². The lowest BCUT2D eigenvalue weighted by Crippen LogP contribution is -2.17. The molecular formula is C12H11F3N2O3. The zero-order chi connectivity index (χ0) is 14.9. The molecule has 0 radical (unpaired) electrons. The Balaban J connectivity index is 2.65.